The van der Waals surface area contributed by atoms with Gasteiger partial charge in [-0.15, -0.1) is 0 Å². The quantitative estimate of drug-likeness (QED) is 0.401. The molecule has 3 rings (SSSR count). The largest absolute Gasteiger partial charge is 0.399 e. The smallest absolute Gasteiger partial charge is 0.0730 e. The van der Waals surface area contributed by atoms with Crippen LogP contribution in [-0.4, -0.2) is 4.98 Å². The third kappa shape index (κ3) is 3.15. The number of pyridine rings is 1. The second kappa shape index (κ2) is 6.13. The Morgan fingerprint density at radius 2 is 1.62 bits per heavy atom. The number of nitrogens with two attached hydrogens (primary N) is 1. The van der Waals surface area contributed by atoms with Crippen LogP contribution in [0.2, 0.25) is 0 Å². The number of aromatic nitrogens is 1. The maximum absolute atomic E-state index is 5.85. The molecule has 0 aliphatic carbocycles. The first kappa shape index (κ1) is 13.9. The molecular formula is C19H22N2. The fraction of sp³-hybridized carbons (Fsp3) is 0.316. The minimum Gasteiger partial charge on any atom is -0.399 e. The monoisotopic (exact) mass is 278 g/mol. The van der Waals surface area contributed by atoms with Gasteiger partial charge in [-0.25, -0.2) is 4.98 Å². The summed E-state index contributed by atoms with van der Waals surface area (Å²) in [6.07, 6.45) is 6.34. The maximum Gasteiger partial charge on any atom is 0.0730 e. The molecule has 0 atom stereocenters. The molecule has 108 valence electrons. The van der Waals surface area contributed by atoms with Crippen molar-refractivity contribution in [1.29, 1.82) is 0 Å². The number of anilines is 1. The van der Waals surface area contributed by atoms with Crippen LogP contribution in [0.3, 0.4) is 0 Å². The highest BCUT2D eigenvalue weighted by Gasteiger charge is 2.02. The van der Waals surface area contributed by atoms with Crippen LogP contribution >= 0.6 is 0 Å². The number of rotatable bonds is 5. The number of hydrogen-bond donors (Lipinski definition) is 1. The molecule has 0 saturated heterocycles. The Labute approximate surface area is 126 Å². The number of unbranched alkanes of at least 4 members (excludes halogenated alkanes) is 3. The van der Waals surface area contributed by atoms with Crippen LogP contribution in [0.4, 0.5) is 5.69 Å². The van der Waals surface area contributed by atoms with Gasteiger partial charge in [0.1, 0.15) is 0 Å². The van der Waals surface area contributed by atoms with E-state index in [0.717, 1.165) is 28.5 Å². The van der Waals surface area contributed by atoms with Gasteiger partial charge in [0.15, 0.2) is 0 Å². The first-order valence-electron chi connectivity index (χ1n) is 7.85. The number of aryl methyl sites for hydroxylation is 1. The van der Waals surface area contributed by atoms with Gasteiger partial charge in [-0.3, -0.25) is 0 Å². The molecule has 0 spiro atoms. The summed E-state index contributed by atoms with van der Waals surface area (Å²) in [5.74, 6) is 0. The van der Waals surface area contributed by atoms with Crippen molar-refractivity contribution in [2.45, 2.75) is 39.0 Å². The van der Waals surface area contributed by atoms with Crippen LogP contribution in [0.15, 0.2) is 42.5 Å². The van der Waals surface area contributed by atoms with E-state index in [1.54, 1.807) is 0 Å². The first-order chi connectivity index (χ1) is 10.3. The number of nitrogen functional groups attached to an aromatic ring is 1. The molecule has 1 aromatic heterocycles. The Morgan fingerprint density at radius 1 is 0.857 bits per heavy atom. The molecule has 0 unspecified atom stereocenters. The van der Waals surface area contributed by atoms with Crippen LogP contribution in [0.25, 0.3) is 21.8 Å². The SMILES string of the molecule is CCCCCCc1ccc2cc3ccc(N)cc3nc2c1. The van der Waals surface area contributed by atoms with E-state index in [1.807, 2.05) is 18.2 Å². The van der Waals surface area contributed by atoms with Crippen molar-refractivity contribution in [3.05, 3.63) is 48.0 Å². The zero-order valence-electron chi connectivity index (χ0n) is 12.6. The number of fused-ring (bicyclic) bond motifs is 2. The van der Waals surface area contributed by atoms with Crippen molar-refractivity contribution in [3.63, 3.8) is 0 Å². The Hall–Kier alpha value is -2.09. The molecule has 0 fully saturated rings. The van der Waals surface area contributed by atoms with Crippen molar-refractivity contribution < 1.29 is 0 Å². The summed E-state index contributed by atoms with van der Waals surface area (Å²) < 4.78 is 0. The van der Waals surface area contributed by atoms with Crippen molar-refractivity contribution in [3.8, 4) is 0 Å². The summed E-state index contributed by atoms with van der Waals surface area (Å²) in [6, 6.07) is 14.8. The van der Waals surface area contributed by atoms with Crippen molar-refractivity contribution in [1.82, 2.24) is 4.98 Å². The lowest BCUT2D eigenvalue weighted by molar-refractivity contribution is 0.667. The van der Waals surface area contributed by atoms with E-state index >= 15 is 0 Å². The summed E-state index contributed by atoms with van der Waals surface area (Å²) in [6.45, 7) is 2.25. The van der Waals surface area contributed by atoms with E-state index in [2.05, 4.69) is 31.2 Å². The second-order valence-corrected chi connectivity index (χ2v) is 5.78. The van der Waals surface area contributed by atoms with Crippen LogP contribution < -0.4 is 5.73 Å². The van der Waals surface area contributed by atoms with Gasteiger partial charge >= 0.3 is 0 Å². The van der Waals surface area contributed by atoms with E-state index in [4.69, 9.17) is 10.7 Å². The average Bonchev–Trinajstić information content (AvgIpc) is 2.49. The molecule has 0 aliphatic heterocycles. The van der Waals surface area contributed by atoms with E-state index in [1.165, 1.54) is 36.6 Å². The highest BCUT2D eigenvalue weighted by Crippen LogP contribution is 2.23. The van der Waals surface area contributed by atoms with Crippen LogP contribution in [-0.2, 0) is 6.42 Å². The minimum atomic E-state index is 0.769. The molecule has 1 heterocycles. The normalized spacial score (nSPS) is 11.3. The van der Waals surface area contributed by atoms with Gasteiger partial charge in [0.25, 0.3) is 0 Å². The third-order valence-corrected chi connectivity index (χ3v) is 4.02. The van der Waals surface area contributed by atoms with Crippen molar-refractivity contribution in [2.24, 2.45) is 0 Å². The molecule has 2 nitrogen and oxygen atoms in total. The van der Waals surface area contributed by atoms with Gasteiger partial charge in [-0.1, -0.05) is 44.4 Å². The molecular weight excluding hydrogens is 256 g/mol. The van der Waals surface area contributed by atoms with Gasteiger partial charge in [0.2, 0.25) is 0 Å². The standard InChI is InChI=1S/C19H22N2/c1-2-3-4-5-6-14-7-8-15-12-16-9-10-17(20)13-19(16)21-18(15)11-14/h7-13H,2-6,20H2,1H3. The molecule has 0 bridgehead atoms. The predicted molar refractivity (Wildman–Crippen MR) is 91.5 cm³/mol. The fourth-order valence-corrected chi connectivity index (χ4v) is 2.80. The van der Waals surface area contributed by atoms with E-state index in [9.17, 15) is 0 Å². The summed E-state index contributed by atoms with van der Waals surface area (Å²) in [5, 5.41) is 2.34. The maximum atomic E-state index is 5.85. The molecule has 2 N–H and O–H groups in total. The van der Waals surface area contributed by atoms with Gasteiger partial charge in [-0.2, -0.15) is 0 Å². The van der Waals surface area contributed by atoms with E-state index in [0.29, 0.717) is 0 Å². The summed E-state index contributed by atoms with van der Waals surface area (Å²) in [7, 11) is 0. The van der Waals surface area contributed by atoms with Crippen LogP contribution in [0, 0.1) is 0 Å². The third-order valence-electron chi connectivity index (χ3n) is 4.02. The molecule has 21 heavy (non-hydrogen) atoms. The zero-order valence-corrected chi connectivity index (χ0v) is 12.6. The van der Waals surface area contributed by atoms with Gasteiger partial charge in [0.05, 0.1) is 11.0 Å². The van der Waals surface area contributed by atoms with Crippen molar-refractivity contribution >= 4 is 27.5 Å². The lowest BCUT2D eigenvalue weighted by Crippen LogP contribution is -1.90. The molecule has 2 aromatic carbocycles. The number of hydrogen-bond acceptors (Lipinski definition) is 2. The fourth-order valence-electron chi connectivity index (χ4n) is 2.80. The molecule has 0 aliphatic rings. The molecule has 0 radical (unpaired) electrons. The first-order valence-corrected chi connectivity index (χ1v) is 7.85. The van der Waals surface area contributed by atoms with Crippen molar-refractivity contribution in [2.75, 3.05) is 5.73 Å². The average molecular weight is 278 g/mol. The Kier molecular flexibility index (Phi) is 4.05. The Balaban J connectivity index is 1.90. The van der Waals surface area contributed by atoms with Crippen LogP contribution in [0.1, 0.15) is 38.2 Å². The van der Waals surface area contributed by atoms with Gasteiger partial charge in [-0.05, 0) is 42.7 Å². The van der Waals surface area contributed by atoms with E-state index < -0.39 is 0 Å². The topological polar surface area (TPSA) is 38.9 Å². The summed E-state index contributed by atoms with van der Waals surface area (Å²) in [5.41, 5.74) is 10.1. The molecule has 2 heteroatoms. The number of nitrogens with zero attached hydrogens (tertiary/aromatic N) is 1. The zero-order chi connectivity index (χ0) is 14.7. The summed E-state index contributed by atoms with van der Waals surface area (Å²) >= 11 is 0. The van der Waals surface area contributed by atoms with E-state index in [-0.39, 0.29) is 0 Å². The van der Waals surface area contributed by atoms with Crippen LogP contribution in [0.5, 0.6) is 0 Å². The molecule has 0 saturated carbocycles. The molecule has 0 amide bonds. The highest BCUT2D eigenvalue weighted by molar-refractivity contribution is 5.94. The highest BCUT2D eigenvalue weighted by atomic mass is 14.7. The summed E-state index contributed by atoms with van der Waals surface area (Å²) in [4.78, 5) is 4.76. The van der Waals surface area contributed by atoms with Gasteiger partial charge in [0, 0.05) is 16.5 Å². The lowest BCUT2D eigenvalue weighted by atomic mass is 10.0. The Bertz CT molecular complexity index is 762. The second-order valence-electron chi connectivity index (χ2n) is 5.78. The molecule has 3 aromatic rings. The van der Waals surface area contributed by atoms with Gasteiger partial charge < -0.3 is 5.73 Å². The number of benzene rings is 2. The predicted octanol–water partition coefficient (Wildman–Crippen LogP) is 5.09. The Morgan fingerprint density at radius 3 is 2.43 bits per heavy atom. The minimum absolute atomic E-state index is 0.769. The lowest BCUT2D eigenvalue weighted by Gasteiger charge is -2.06.